The standard InChI is InChI=1S/C42H60N4O3/c1-6-11-28-46-40-31-37(49-35-20-18-34(19-21-35)33-16-12-13-17-33)23-25-39(40)43-42(46)38-24-22-36(47-29-14-26-44(7-2)8-3)32-41(38)48-30-15-27-45(9-4)10-5/h18-25,31-33H,6-17,26-30H2,1-5H3. The van der Waals surface area contributed by atoms with Crippen LogP contribution < -0.4 is 14.2 Å². The Balaban J connectivity index is 1.40. The van der Waals surface area contributed by atoms with Crippen molar-refractivity contribution in [2.75, 3.05) is 52.5 Å². The molecule has 0 bridgehead atoms. The smallest absolute Gasteiger partial charge is 0.144 e. The minimum atomic E-state index is 0.641. The summed E-state index contributed by atoms with van der Waals surface area (Å²) in [5.41, 5.74) is 4.47. The molecule has 1 heterocycles. The van der Waals surface area contributed by atoms with Crippen molar-refractivity contribution in [2.24, 2.45) is 0 Å². The summed E-state index contributed by atoms with van der Waals surface area (Å²) in [7, 11) is 0. The lowest BCUT2D eigenvalue weighted by atomic mass is 9.98. The molecule has 0 atom stereocenters. The molecule has 4 aromatic rings. The monoisotopic (exact) mass is 668 g/mol. The van der Waals surface area contributed by atoms with E-state index in [-0.39, 0.29) is 0 Å². The number of ether oxygens (including phenoxy) is 3. The molecule has 7 nitrogen and oxygen atoms in total. The van der Waals surface area contributed by atoms with Gasteiger partial charge in [0.15, 0.2) is 0 Å². The zero-order valence-corrected chi connectivity index (χ0v) is 30.9. The summed E-state index contributed by atoms with van der Waals surface area (Å²) in [6.45, 7) is 19.6. The first-order chi connectivity index (χ1) is 24.1. The van der Waals surface area contributed by atoms with Gasteiger partial charge in [-0.2, -0.15) is 0 Å². The largest absolute Gasteiger partial charge is 0.493 e. The minimum Gasteiger partial charge on any atom is -0.493 e. The van der Waals surface area contributed by atoms with Crippen LogP contribution in [0.3, 0.4) is 0 Å². The highest BCUT2D eigenvalue weighted by Crippen LogP contribution is 2.38. The zero-order chi connectivity index (χ0) is 34.4. The fourth-order valence-electron chi connectivity index (χ4n) is 7.04. The van der Waals surface area contributed by atoms with E-state index in [0.29, 0.717) is 19.1 Å². The molecule has 7 heteroatoms. The molecular formula is C42H60N4O3. The van der Waals surface area contributed by atoms with Gasteiger partial charge in [-0.15, -0.1) is 0 Å². The summed E-state index contributed by atoms with van der Waals surface area (Å²) < 4.78 is 21.6. The predicted molar refractivity (Wildman–Crippen MR) is 204 cm³/mol. The number of aromatic nitrogens is 2. The van der Waals surface area contributed by atoms with Crippen LogP contribution in [0.15, 0.2) is 60.7 Å². The molecule has 0 saturated heterocycles. The van der Waals surface area contributed by atoms with Crippen LogP contribution in [0.2, 0.25) is 0 Å². The lowest BCUT2D eigenvalue weighted by Crippen LogP contribution is -2.25. The highest BCUT2D eigenvalue weighted by Gasteiger charge is 2.20. The van der Waals surface area contributed by atoms with Gasteiger partial charge >= 0.3 is 0 Å². The molecule has 1 aromatic heterocycles. The van der Waals surface area contributed by atoms with Crippen molar-refractivity contribution >= 4 is 11.0 Å². The van der Waals surface area contributed by atoms with Crippen LogP contribution in [0, 0.1) is 0 Å². The second-order valence-electron chi connectivity index (χ2n) is 13.4. The zero-order valence-electron chi connectivity index (χ0n) is 30.9. The van der Waals surface area contributed by atoms with E-state index in [1.807, 2.05) is 6.07 Å². The molecule has 49 heavy (non-hydrogen) atoms. The number of benzene rings is 3. The van der Waals surface area contributed by atoms with Gasteiger partial charge in [-0.1, -0.05) is 66.0 Å². The van der Waals surface area contributed by atoms with Crippen molar-refractivity contribution in [1.82, 2.24) is 19.4 Å². The van der Waals surface area contributed by atoms with Crippen LogP contribution >= 0.6 is 0 Å². The molecule has 266 valence electrons. The molecule has 0 N–H and O–H groups in total. The van der Waals surface area contributed by atoms with Crippen molar-refractivity contribution in [3.63, 3.8) is 0 Å². The molecule has 3 aromatic carbocycles. The van der Waals surface area contributed by atoms with Gasteiger partial charge in [0.2, 0.25) is 0 Å². The van der Waals surface area contributed by atoms with Crippen LogP contribution in [-0.4, -0.2) is 71.8 Å². The molecule has 5 rings (SSSR count). The van der Waals surface area contributed by atoms with Gasteiger partial charge in [-0.25, -0.2) is 4.98 Å². The lowest BCUT2D eigenvalue weighted by molar-refractivity contribution is 0.243. The number of hydrogen-bond acceptors (Lipinski definition) is 6. The lowest BCUT2D eigenvalue weighted by Gasteiger charge is -2.19. The predicted octanol–water partition coefficient (Wildman–Crippen LogP) is 10.2. The Morgan fingerprint density at radius 2 is 1.33 bits per heavy atom. The van der Waals surface area contributed by atoms with Crippen LogP contribution in [0.5, 0.6) is 23.0 Å². The van der Waals surface area contributed by atoms with Gasteiger partial charge in [0.25, 0.3) is 0 Å². The topological polar surface area (TPSA) is 52.0 Å². The summed E-state index contributed by atoms with van der Waals surface area (Å²) >= 11 is 0. The van der Waals surface area contributed by atoms with Gasteiger partial charge in [0.1, 0.15) is 28.8 Å². The number of aryl methyl sites for hydroxylation is 1. The Morgan fingerprint density at radius 3 is 1.98 bits per heavy atom. The fourth-order valence-corrected chi connectivity index (χ4v) is 7.04. The van der Waals surface area contributed by atoms with E-state index in [1.54, 1.807) is 0 Å². The van der Waals surface area contributed by atoms with Crippen LogP contribution in [-0.2, 0) is 6.54 Å². The van der Waals surface area contributed by atoms with E-state index in [4.69, 9.17) is 19.2 Å². The molecule has 0 unspecified atom stereocenters. The van der Waals surface area contributed by atoms with Gasteiger partial charge in [-0.05, 0) is 106 Å². The molecule has 1 fully saturated rings. The molecule has 0 spiro atoms. The molecule has 1 aliphatic rings. The van der Waals surface area contributed by atoms with E-state index in [0.717, 1.165) is 117 Å². The van der Waals surface area contributed by atoms with Gasteiger partial charge in [0, 0.05) is 31.8 Å². The Kier molecular flexibility index (Phi) is 14.2. The van der Waals surface area contributed by atoms with E-state index < -0.39 is 0 Å². The first kappa shape index (κ1) is 36.7. The number of rotatable bonds is 21. The molecule has 0 aliphatic heterocycles. The first-order valence-corrected chi connectivity index (χ1v) is 19.2. The Morgan fingerprint density at radius 1 is 0.694 bits per heavy atom. The maximum absolute atomic E-state index is 6.56. The number of hydrogen-bond donors (Lipinski definition) is 0. The second-order valence-corrected chi connectivity index (χ2v) is 13.4. The second kappa shape index (κ2) is 19.0. The van der Waals surface area contributed by atoms with Crippen molar-refractivity contribution in [1.29, 1.82) is 0 Å². The molecule has 0 radical (unpaired) electrons. The third kappa shape index (κ3) is 10.0. The maximum atomic E-state index is 6.56. The number of unbranched alkanes of at least 4 members (excludes halogenated alkanes) is 1. The van der Waals surface area contributed by atoms with E-state index >= 15 is 0 Å². The highest BCUT2D eigenvalue weighted by atomic mass is 16.5. The van der Waals surface area contributed by atoms with Crippen LogP contribution in [0.1, 0.15) is 97.5 Å². The molecular weight excluding hydrogens is 608 g/mol. The number of nitrogens with zero attached hydrogens (tertiary/aromatic N) is 4. The van der Waals surface area contributed by atoms with Gasteiger partial charge in [0.05, 0.1) is 29.8 Å². The Labute approximate surface area is 295 Å². The Bertz CT molecular complexity index is 1550. The third-order valence-electron chi connectivity index (χ3n) is 10.1. The third-order valence-corrected chi connectivity index (χ3v) is 10.1. The van der Waals surface area contributed by atoms with Gasteiger partial charge < -0.3 is 28.6 Å². The molecule has 1 saturated carbocycles. The number of fused-ring (bicyclic) bond motifs is 1. The fraction of sp³-hybridized carbons (Fsp3) is 0.548. The normalized spacial score (nSPS) is 13.6. The minimum absolute atomic E-state index is 0.641. The summed E-state index contributed by atoms with van der Waals surface area (Å²) in [5.74, 6) is 4.99. The average molecular weight is 669 g/mol. The summed E-state index contributed by atoms with van der Waals surface area (Å²) in [5, 5.41) is 0. The van der Waals surface area contributed by atoms with Crippen molar-refractivity contribution in [2.45, 2.75) is 98.4 Å². The van der Waals surface area contributed by atoms with Crippen molar-refractivity contribution in [3.8, 4) is 34.4 Å². The summed E-state index contributed by atoms with van der Waals surface area (Å²) in [6.07, 6.45) is 9.40. The van der Waals surface area contributed by atoms with Crippen LogP contribution in [0.4, 0.5) is 0 Å². The van der Waals surface area contributed by atoms with E-state index in [1.165, 1.54) is 31.2 Å². The van der Waals surface area contributed by atoms with Crippen molar-refractivity contribution < 1.29 is 14.2 Å². The average Bonchev–Trinajstić information content (AvgIpc) is 3.80. The molecule has 0 amide bonds. The van der Waals surface area contributed by atoms with E-state index in [2.05, 4.69) is 104 Å². The summed E-state index contributed by atoms with van der Waals surface area (Å²) in [6, 6.07) is 21.3. The molecule has 1 aliphatic carbocycles. The van der Waals surface area contributed by atoms with E-state index in [9.17, 15) is 0 Å². The quantitative estimate of drug-likeness (QED) is 0.0824. The Hall–Kier alpha value is -3.55. The SMILES string of the molecule is CCCCn1c(-c2ccc(OCCCN(CC)CC)cc2OCCCN(CC)CC)nc2ccc(Oc3ccc(C4CCCC4)cc3)cc21. The highest BCUT2D eigenvalue weighted by molar-refractivity contribution is 5.83. The number of imidazole rings is 1. The maximum Gasteiger partial charge on any atom is 0.144 e. The van der Waals surface area contributed by atoms with Gasteiger partial charge in [-0.3, -0.25) is 0 Å². The van der Waals surface area contributed by atoms with Crippen LogP contribution in [0.25, 0.3) is 22.4 Å². The first-order valence-electron chi connectivity index (χ1n) is 19.2. The summed E-state index contributed by atoms with van der Waals surface area (Å²) in [4.78, 5) is 10.1. The van der Waals surface area contributed by atoms with Crippen molar-refractivity contribution in [3.05, 3.63) is 66.2 Å².